The Balaban J connectivity index is 1.58. The SMILES string of the molecule is Cn1cc(CN2CCN(c3ncccc3N)CC2)cn1. The largest absolute Gasteiger partial charge is 0.396 e. The Hall–Kier alpha value is -2.08. The number of hydrogen-bond acceptors (Lipinski definition) is 5. The molecular formula is C14H20N6. The number of hydrogen-bond donors (Lipinski definition) is 1. The lowest BCUT2D eigenvalue weighted by atomic mass is 10.2. The van der Waals surface area contributed by atoms with Gasteiger partial charge in [-0.1, -0.05) is 0 Å². The maximum Gasteiger partial charge on any atom is 0.151 e. The molecule has 3 rings (SSSR count). The molecule has 0 spiro atoms. The van der Waals surface area contributed by atoms with Crippen molar-refractivity contribution in [3.63, 3.8) is 0 Å². The predicted molar refractivity (Wildman–Crippen MR) is 79.3 cm³/mol. The van der Waals surface area contributed by atoms with Crippen LogP contribution in [0.4, 0.5) is 11.5 Å². The van der Waals surface area contributed by atoms with E-state index in [-0.39, 0.29) is 0 Å². The van der Waals surface area contributed by atoms with Crippen LogP contribution < -0.4 is 10.6 Å². The zero-order valence-corrected chi connectivity index (χ0v) is 11.7. The smallest absolute Gasteiger partial charge is 0.151 e. The number of piperazine rings is 1. The summed E-state index contributed by atoms with van der Waals surface area (Å²) in [7, 11) is 1.95. The van der Waals surface area contributed by atoms with Crippen molar-refractivity contribution in [2.75, 3.05) is 36.8 Å². The molecule has 1 fully saturated rings. The maximum atomic E-state index is 5.98. The van der Waals surface area contributed by atoms with Crippen molar-refractivity contribution in [2.45, 2.75) is 6.54 Å². The molecule has 0 bridgehead atoms. The van der Waals surface area contributed by atoms with E-state index in [0.717, 1.165) is 44.2 Å². The number of aryl methyl sites for hydroxylation is 1. The van der Waals surface area contributed by atoms with E-state index in [1.807, 2.05) is 30.1 Å². The zero-order valence-electron chi connectivity index (χ0n) is 11.7. The Labute approximate surface area is 118 Å². The molecule has 2 aromatic heterocycles. The Morgan fingerprint density at radius 3 is 2.70 bits per heavy atom. The third-order valence-electron chi connectivity index (χ3n) is 3.65. The highest BCUT2D eigenvalue weighted by Gasteiger charge is 2.19. The molecule has 1 saturated heterocycles. The molecule has 0 aliphatic carbocycles. The van der Waals surface area contributed by atoms with Crippen molar-refractivity contribution in [3.05, 3.63) is 36.3 Å². The van der Waals surface area contributed by atoms with Gasteiger partial charge in [0.2, 0.25) is 0 Å². The van der Waals surface area contributed by atoms with Crippen LogP contribution in [-0.4, -0.2) is 45.8 Å². The van der Waals surface area contributed by atoms with Gasteiger partial charge in [0, 0.05) is 57.7 Å². The van der Waals surface area contributed by atoms with Crippen molar-refractivity contribution < 1.29 is 0 Å². The number of nitrogens with two attached hydrogens (primary N) is 1. The fraction of sp³-hybridized carbons (Fsp3) is 0.429. The molecule has 0 atom stereocenters. The lowest BCUT2D eigenvalue weighted by Gasteiger charge is -2.35. The van der Waals surface area contributed by atoms with Gasteiger partial charge >= 0.3 is 0 Å². The minimum atomic E-state index is 0.758. The van der Waals surface area contributed by atoms with Crippen molar-refractivity contribution >= 4 is 11.5 Å². The van der Waals surface area contributed by atoms with Crippen molar-refractivity contribution in [2.24, 2.45) is 7.05 Å². The van der Waals surface area contributed by atoms with Gasteiger partial charge < -0.3 is 10.6 Å². The summed E-state index contributed by atoms with van der Waals surface area (Å²) in [6.07, 6.45) is 5.81. The van der Waals surface area contributed by atoms with Crippen LogP contribution >= 0.6 is 0 Å². The zero-order chi connectivity index (χ0) is 13.9. The molecule has 20 heavy (non-hydrogen) atoms. The first-order valence-corrected chi connectivity index (χ1v) is 6.88. The summed E-state index contributed by atoms with van der Waals surface area (Å²) < 4.78 is 1.85. The number of nitrogens with zero attached hydrogens (tertiary/aromatic N) is 5. The first-order valence-electron chi connectivity index (χ1n) is 6.88. The number of nitrogen functional groups attached to an aromatic ring is 1. The van der Waals surface area contributed by atoms with E-state index >= 15 is 0 Å². The molecule has 0 aromatic carbocycles. The highest BCUT2D eigenvalue weighted by atomic mass is 15.3. The van der Waals surface area contributed by atoms with Gasteiger partial charge in [-0.3, -0.25) is 9.58 Å². The lowest BCUT2D eigenvalue weighted by Crippen LogP contribution is -2.46. The molecule has 0 radical (unpaired) electrons. The Kier molecular flexibility index (Phi) is 3.56. The highest BCUT2D eigenvalue weighted by molar-refractivity contribution is 5.62. The molecule has 0 amide bonds. The van der Waals surface area contributed by atoms with Crippen LogP contribution in [0.3, 0.4) is 0 Å². The van der Waals surface area contributed by atoms with Gasteiger partial charge in [-0.25, -0.2) is 4.98 Å². The summed E-state index contributed by atoms with van der Waals surface area (Å²) in [4.78, 5) is 9.08. The summed E-state index contributed by atoms with van der Waals surface area (Å²) in [5.41, 5.74) is 8.00. The minimum Gasteiger partial charge on any atom is -0.396 e. The van der Waals surface area contributed by atoms with E-state index in [0.29, 0.717) is 0 Å². The molecule has 1 aliphatic heterocycles. The van der Waals surface area contributed by atoms with E-state index in [1.165, 1.54) is 5.56 Å². The molecule has 1 aliphatic rings. The monoisotopic (exact) mass is 272 g/mol. The van der Waals surface area contributed by atoms with Crippen LogP contribution in [0, 0.1) is 0 Å². The summed E-state index contributed by atoms with van der Waals surface area (Å²) >= 11 is 0. The van der Waals surface area contributed by atoms with Crippen LogP contribution in [0.25, 0.3) is 0 Å². The molecule has 0 saturated carbocycles. The summed E-state index contributed by atoms with van der Waals surface area (Å²) in [6, 6.07) is 3.78. The van der Waals surface area contributed by atoms with Crippen LogP contribution in [-0.2, 0) is 13.6 Å². The van der Waals surface area contributed by atoms with E-state index < -0.39 is 0 Å². The lowest BCUT2D eigenvalue weighted by molar-refractivity contribution is 0.249. The fourth-order valence-electron chi connectivity index (χ4n) is 2.60. The Bertz CT molecular complexity index is 571. The third-order valence-corrected chi connectivity index (χ3v) is 3.65. The van der Waals surface area contributed by atoms with Gasteiger partial charge in [0.15, 0.2) is 5.82 Å². The molecule has 3 heterocycles. The molecule has 6 nitrogen and oxygen atoms in total. The predicted octanol–water partition coefficient (Wildman–Crippen LogP) is 0.719. The number of pyridine rings is 1. The molecule has 0 unspecified atom stereocenters. The average molecular weight is 272 g/mol. The molecule has 2 aromatic rings. The number of anilines is 2. The minimum absolute atomic E-state index is 0.758. The first-order chi connectivity index (χ1) is 9.72. The van der Waals surface area contributed by atoms with Crippen molar-refractivity contribution in [1.29, 1.82) is 0 Å². The standard InChI is InChI=1S/C14H20N6/c1-18-10-12(9-17-18)11-19-5-7-20(8-6-19)14-13(15)3-2-4-16-14/h2-4,9-10H,5-8,11,15H2,1H3. The van der Waals surface area contributed by atoms with Crippen LogP contribution in [0.2, 0.25) is 0 Å². The first kappa shape index (κ1) is 12.9. The number of rotatable bonds is 3. The summed E-state index contributed by atoms with van der Waals surface area (Å²) in [6.45, 7) is 4.91. The molecule has 106 valence electrons. The van der Waals surface area contributed by atoms with Gasteiger partial charge in [0.05, 0.1) is 11.9 Å². The van der Waals surface area contributed by atoms with E-state index in [2.05, 4.69) is 26.1 Å². The van der Waals surface area contributed by atoms with Crippen LogP contribution in [0.15, 0.2) is 30.7 Å². The van der Waals surface area contributed by atoms with Crippen LogP contribution in [0.5, 0.6) is 0 Å². The van der Waals surface area contributed by atoms with Gasteiger partial charge in [-0.05, 0) is 12.1 Å². The second-order valence-electron chi connectivity index (χ2n) is 5.20. The Morgan fingerprint density at radius 2 is 2.05 bits per heavy atom. The van der Waals surface area contributed by atoms with Gasteiger partial charge in [0.25, 0.3) is 0 Å². The molecule has 2 N–H and O–H groups in total. The van der Waals surface area contributed by atoms with E-state index in [9.17, 15) is 0 Å². The third kappa shape index (κ3) is 2.75. The summed E-state index contributed by atoms with van der Waals surface area (Å²) in [5.74, 6) is 0.911. The van der Waals surface area contributed by atoms with E-state index in [4.69, 9.17) is 5.73 Å². The number of aromatic nitrogens is 3. The Morgan fingerprint density at radius 1 is 1.25 bits per heavy atom. The van der Waals surface area contributed by atoms with Gasteiger partial charge in [-0.15, -0.1) is 0 Å². The second-order valence-corrected chi connectivity index (χ2v) is 5.20. The van der Waals surface area contributed by atoms with E-state index in [1.54, 1.807) is 6.20 Å². The molecule has 6 heteroatoms. The fourth-order valence-corrected chi connectivity index (χ4v) is 2.60. The second kappa shape index (κ2) is 5.50. The molecular weight excluding hydrogens is 252 g/mol. The maximum absolute atomic E-state index is 5.98. The summed E-state index contributed by atoms with van der Waals surface area (Å²) in [5, 5.41) is 4.21. The van der Waals surface area contributed by atoms with Crippen molar-refractivity contribution in [3.8, 4) is 0 Å². The van der Waals surface area contributed by atoms with Crippen molar-refractivity contribution in [1.82, 2.24) is 19.7 Å². The highest BCUT2D eigenvalue weighted by Crippen LogP contribution is 2.20. The topological polar surface area (TPSA) is 63.2 Å². The van der Waals surface area contributed by atoms with Gasteiger partial charge in [0.1, 0.15) is 0 Å². The van der Waals surface area contributed by atoms with Crippen LogP contribution in [0.1, 0.15) is 5.56 Å². The average Bonchev–Trinajstić information content (AvgIpc) is 2.86. The van der Waals surface area contributed by atoms with Gasteiger partial charge in [-0.2, -0.15) is 5.10 Å². The quantitative estimate of drug-likeness (QED) is 0.892. The normalized spacial score (nSPS) is 16.6.